The lowest BCUT2D eigenvalue weighted by Crippen LogP contribution is -2.57. The number of rotatable bonds is 4. The van der Waals surface area contributed by atoms with Crippen molar-refractivity contribution in [2.45, 2.75) is 31.7 Å². The van der Waals surface area contributed by atoms with E-state index in [2.05, 4.69) is 22.0 Å². The lowest BCUT2D eigenvalue weighted by atomic mass is 9.87. The molecule has 0 saturated carbocycles. The molecule has 0 atom stereocenters. The average molecular weight is 369 g/mol. The van der Waals surface area contributed by atoms with Gasteiger partial charge in [0.2, 0.25) is 5.91 Å². The van der Waals surface area contributed by atoms with Crippen LogP contribution in [-0.4, -0.2) is 75.4 Å². The summed E-state index contributed by atoms with van der Waals surface area (Å²) in [5.74, 6) is 0.219. The molecule has 27 heavy (non-hydrogen) atoms. The molecule has 7 heteroatoms. The zero-order chi connectivity index (χ0) is 18.7. The zero-order valence-electron chi connectivity index (χ0n) is 15.9. The van der Waals surface area contributed by atoms with Gasteiger partial charge in [0.15, 0.2) is 0 Å². The number of benzene rings is 1. The molecule has 0 radical (unpaired) electrons. The molecule has 2 aliphatic rings. The lowest BCUT2D eigenvalue weighted by Gasteiger charge is -2.48. The number of piperidine rings is 1. The monoisotopic (exact) mass is 369 g/mol. The fourth-order valence-corrected chi connectivity index (χ4v) is 4.06. The van der Waals surface area contributed by atoms with Crippen molar-refractivity contribution in [2.24, 2.45) is 0 Å². The van der Waals surface area contributed by atoms with Crippen LogP contribution in [0.4, 0.5) is 0 Å². The molecule has 0 aliphatic carbocycles. The Balaban J connectivity index is 1.31. The summed E-state index contributed by atoms with van der Waals surface area (Å²) < 4.78 is 7.33. The molecule has 1 aromatic carbocycles. The topological polar surface area (TPSA) is 63.5 Å². The van der Waals surface area contributed by atoms with Crippen LogP contribution in [0.15, 0.2) is 36.9 Å². The number of ether oxygens (including phenoxy) is 1. The highest BCUT2D eigenvalue weighted by Crippen LogP contribution is 2.29. The molecule has 1 aromatic heterocycles. The van der Waals surface area contributed by atoms with Crippen LogP contribution in [0.25, 0.3) is 5.69 Å². The number of amides is 1. The van der Waals surface area contributed by atoms with Crippen molar-refractivity contribution in [1.29, 1.82) is 0 Å². The number of carbonyl (C=O) groups is 1. The number of likely N-dealkylation sites (tertiary alicyclic amines) is 1. The second-order valence-corrected chi connectivity index (χ2v) is 7.69. The number of nitrogens with zero attached hydrogens (tertiary/aromatic N) is 5. The van der Waals surface area contributed by atoms with Crippen molar-refractivity contribution in [1.82, 2.24) is 24.6 Å². The maximum atomic E-state index is 12.7. The molecular formula is C20H27N5O2. The van der Waals surface area contributed by atoms with Crippen molar-refractivity contribution < 1.29 is 9.53 Å². The van der Waals surface area contributed by atoms with Gasteiger partial charge in [-0.1, -0.05) is 12.1 Å². The summed E-state index contributed by atoms with van der Waals surface area (Å²) >= 11 is 0. The molecule has 144 valence electrons. The summed E-state index contributed by atoms with van der Waals surface area (Å²) in [6.07, 6.45) is 5.85. The first-order chi connectivity index (χ1) is 13.1. The first-order valence-electron chi connectivity index (χ1n) is 9.69. The van der Waals surface area contributed by atoms with E-state index in [-0.39, 0.29) is 11.4 Å². The van der Waals surface area contributed by atoms with Crippen LogP contribution >= 0.6 is 0 Å². The summed E-state index contributed by atoms with van der Waals surface area (Å²) in [7, 11) is 0. The minimum absolute atomic E-state index is 0.195. The number of hydrogen-bond donors (Lipinski definition) is 0. The standard InChI is InChI=1S/C20H27N5O2/c1-20(25-10-12-27-13-11-25)6-8-23(9-7-20)19(26)14-17-2-4-18(5-3-17)24-15-21-22-16-24/h2-5,15-16H,6-14H2,1H3. The van der Waals surface area contributed by atoms with E-state index in [4.69, 9.17) is 4.74 Å². The fourth-order valence-electron chi connectivity index (χ4n) is 4.06. The van der Waals surface area contributed by atoms with Gasteiger partial charge < -0.3 is 9.64 Å². The molecule has 0 spiro atoms. The molecule has 2 saturated heterocycles. The van der Waals surface area contributed by atoms with Crippen LogP contribution in [0.1, 0.15) is 25.3 Å². The van der Waals surface area contributed by atoms with E-state index in [0.29, 0.717) is 6.42 Å². The van der Waals surface area contributed by atoms with E-state index in [0.717, 1.165) is 63.5 Å². The van der Waals surface area contributed by atoms with E-state index < -0.39 is 0 Å². The maximum Gasteiger partial charge on any atom is 0.226 e. The Morgan fingerprint density at radius 3 is 2.30 bits per heavy atom. The highest BCUT2D eigenvalue weighted by Gasteiger charge is 2.37. The first-order valence-corrected chi connectivity index (χ1v) is 9.69. The van der Waals surface area contributed by atoms with E-state index in [1.807, 2.05) is 33.7 Å². The number of morpholine rings is 1. The Morgan fingerprint density at radius 2 is 1.67 bits per heavy atom. The molecular weight excluding hydrogens is 342 g/mol. The Morgan fingerprint density at radius 1 is 1.04 bits per heavy atom. The van der Waals surface area contributed by atoms with Gasteiger partial charge in [-0.3, -0.25) is 14.3 Å². The minimum atomic E-state index is 0.195. The Bertz CT molecular complexity index is 745. The van der Waals surface area contributed by atoms with Gasteiger partial charge in [0, 0.05) is 37.4 Å². The molecule has 4 rings (SSSR count). The maximum absolute atomic E-state index is 12.7. The molecule has 2 aromatic rings. The predicted octanol–water partition coefficient (Wildman–Crippen LogP) is 1.52. The van der Waals surface area contributed by atoms with Crippen molar-refractivity contribution >= 4 is 5.91 Å². The molecule has 0 N–H and O–H groups in total. The summed E-state index contributed by atoms with van der Waals surface area (Å²) in [5.41, 5.74) is 2.23. The average Bonchev–Trinajstić information content (AvgIpc) is 3.25. The molecule has 7 nitrogen and oxygen atoms in total. The normalized spacial score (nSPS) is 20.6. The van der Waals surface area contributed by atoms with Gasteiger partial charge >= 0.3 is 0 Å². The number of hydrogen-bond acceptors (Lipinski definition) is 5. The third-order valence-corrected chi connectivity index (χ3v) is 5.98. The summed E-state index contributed by atoms with van der Waals surface area (Å²) in [5, 5.41) is 7.64. The van der Waals surface area contributed by atoms with Crippen LogP contribution in [0.5, 0.6) is 0 Å². The SMILES string of the molecule is CC1(N2CCOCC2)CCN(C(=O)Cc2ccc(-n3cnnc3)cc2)CC1. The fraction of sp³-hybridized carbons (Fsp3) is 0.550. The third kappa shape index (κ3) is 4.04. The number of carbonyl (C=O) groups excluding carboxylic acids is 1. The van der Waals surface area contributed by atoms with Gasteiger partial charge in [-0.15, -0.1) is 10.2 Å². The Labute approximate surface area is 159 Å². The zero-order valence-corrected chi connectivity index (χ0v) is 15.9. The minimum Gasteiger partial charge on any atom is -0.379 e. The van der Waals surface area contributed by atoms with Gasteiger partial charge in [0.1, 0.15) is 12.7 Å². The van der Waals surface area contributed by atoms with Crippen molar-refractivity contribution in [3.8, 4) is 5.69 Å². The van der Waals surface area contributed by atoms with Crippen molar-refractivity contribution in [3.05, 3.63) is 42.5 Å². The van der Waals surface area contributed by atoms with Crippen LogP contribution in [0, 0.1) is 0 Å². The second kappa shape index (κ2) is 7.78. The van der Waals surface area contributed by atoms with E-state index in [1.165, 1.54) is 0 Å². The lowest BCUT2D eigenvalue weighted by molar-refractivity contribution is -0.133. The van der Waals surface area contributed by atoms with E-state index in [1.54, 1.807) is 12.7 Å². The van der Waals surface area contributed by atoms with Gasteiger partial charge in [0.05, 0.1) is 19.6 Å². The van der Waals surface area contributed by atoms with Crippen molar-refractivity contribution in [2.75, 3.05) is 39.4 Å². The molecule has 3 heterocycles. The third-order valence-electron chi connectivity index (χ3n) is 5.98. The summed E-state index contributed by atoms with van der Waals surface area (Å²) in [4.78, 5) is 17.3. The van der Waals surface area contributed by atoms with Gasteiger partial charge in [0.25, 0.3) is 0 Å². The predicted molar refractivity (Wildman–Crippen MR) is 102 cm³/mol. The quantitative estimate of drug-likeness (QED) is 0.818. The van der Waals surface area contributed by atoms with Crippen LogP contribution in [0.3, 0.4) is 0 Å². The molecule has 0 bridgehead atoms. The molecule has 2 aliphatic heterocycles. The smallest absolute Gasteiger partial charge is 0.226 e. The Kier molecular flexibility index (Phi) is 5.22. The Hall–Kier alpha value is -2.25. The first kappa shape index (κ1) is 18.1. The van der Waals surface area contributed by atoms with Gasteiger partial charge in [-0.05, 0) is 37.5 Å². The summed E-state index contributed by atoms with van der Waals surface area (Å²) in [6.45, 7) is 7.67. The van der Waals surface area contributed by atoms with Crippen molar-refractivity contribution in [3.63, 3.8) is 0 Å². The molecule has 2 fully saturated rings. The van der Waals surface area contributed by atoms with Gasteiger partial charge in [-0.25, -0.2) is 0 Å². The van der Waals surface area contributed by atoms with E-state index >= 15 is 0 Å². The van der Waals surface area contributed by atoms with E-state index in [9.17, 15) is 4.79 Å². The molecule has 0 unspecified atom stereocenters. The van der Waals surface area contributed by atoms with Crippen LogP contribution in [-0.2, 0) is 16.0 Å². The summed E-state index contributed by atoms with van der Waals surface area (Å²) in [6, 6.07) is 8.01. The second-order valence-electron chi connectivity index (χ2n) is 7.69. The highest BCUT2D eigenvalue weighted by atomic mass is 16.5. The number of aromatic nitrogens is 3. The molecule has 1 amide bonds. The van der Waals surface area contributed by atoms with Gasteiger partial charge in [-0.2, -0.15) is 0 Å². The van der Waals surface area contributed by atoms with Crippen LogP contribution < -0.4 is 0 Å². The largest absolute Gasteiger partial charge is 0.379 e. The van der Waals surface area contributed by atoms with Crippen LogP contribution in [0.2, 0.25) is 0 Å². The highest BCUT2D eigenvalue weighted by molar-refractivity contribution is 5.79.